The van der Waals surface area contributed by atoms with E-state index in [9.17, 15) is 0 Å². The minimum absolute atomic E-state index is 0.194. The molecular formula is C13H26N2. The lowest BCUT2D eigenvalue weighted by Crippen LogP contribution is -2.39. The Morgan fingerprint density at radius 2 is 2.00 bits per heavy atom. The van der Waals surface area contributed by atoms with Crippen molar-refractivity contribution in [2.45, 2.75) is 52.1 Å². The Labute approximate surface area is 94.7 Å². The molecule has 0 unspecified atom stereocenters. The smallest absolute Gasteiger partial charge is 0.0205 e. The minimum Gasteiger partial charge on any atom is -0.308 e. The molecule has 0 radical (unpaired) electrons. The fourth-order valence-electron chi connectivity index (χ4n) is 1.67. The summed E-state index contributed by atoms with van der Waals surface area (Å²) in [4.78, 5) is 2.53. The summed E-state index contributed by atoms with van der Waals surface area (Å²) < 4.78 is 0. The number of rotatable bonds is 6. The minimum atomic E-state index is 0.194. The van der Waals surface area contributed by atoms with Crippen LogP contribution in [0.15, 0.2) is 12.2 Å². The summed E-state index contributed by atoms with van der Waals surface area (Å²) in [7, 11) is 0. The SMILES string of the molecule is C=C(CNC(C)(C)C)CN(CC)C1CC1. The topological polar surface area (TPSA) is 15.3 Å². The number of nitrogens with zero attached hydrogens (tertiary/aromatic N) is 1. The second kappa shape index (κ2) is 5.13. The van der Waals surface area contributed by atoms with Crippen LogP contribution >= 0.6 is 0 Å². The molecule has 2 heteroatoms. The highest BCUT2D eigenvalue weighted by Gasteiger charge is 2.27. The zero-order valence-electron chi connectivity index (χ0n) is 10.8. The van der Waals surface area contributed by atoms with Gasteiger partial charge in [-0.2, -0.15) is 0 Å². The lowest BCUT2D eigenvalue weighted by molar-refractivity contribution is 0.297. The van der Waals surface area contributed by atoms with E-state index in [1.807, 2.05) is 0 Å². The Hall–Kier alpha value is -0.340. The van der Waals surface area contributed by atoms with Gasteiger partial charge in [-0.05, 0) is 45.7 Å². The zero-order chi connectivity index (χ0) is 11.5. The van der Waals surface area contributed by atoms with Gasteiger partial charge in [-0.15, -0.1) is 0 Å². The summed E-state index contributed by atoms with van der Waals surface area (Å²) >= 11 is 0. The Kier molecular flexibility index (Phi) is 4.35. The molecule has 0 aromatic carbocycles. The summed E-state index contributed by atoms with van der Waals surface area (Å²) in [6, 6.07) is 0.849. The molecule has 2 nitrogen and oxygen atoms in total. The van der Waals surface area contributed by atoms with E-state index >= 15 is 0 Å². The van der Waals surface area contributed by atoms with Crippen molar-refractivity contribution >= 4 is 0 Å². The number of likely N-dealkylation sites (N-methyl/N-ethyl adjacent to an activating group) is 1. The Morgan fingerprint density at radius 1 is 1.40 bits per heavy atom. The van der Waals surface area contributed by atoms with Crippen molar-refractivity contribution in [3.63, 3.8) is 0 Å². The van der Waals surface area contributed by atoms with Crippen LogP contribution in [0.25, 0.3) is 0 Å². The van der Waals surface area contributed by atoms with Crippen LogP contribution in [0.5, 0.6) is 0 Å². The van der Waals surface area contributed by atoms with Gasteiger partial charge >= 0.3 is 0 Å². The molecule has 0 aromatic heterocycles. The average Bonchev–Trinajstić information content (AvgIpc) is 2.93. The van der Waals surface area contributed by atoms with Gasteiger partial charge in [0.05, 0.1) is 0 Å². The second-order valence-electron chi connectivity index (χ2n) is 5.65. The largest absolute Gasteiger partial charge is 0.308 e. The van der Waals surface area contributed by atoms with E-state index in [-0.39, 0.29) is 5.54 Å². The summed E-state index contributed by atoms with van der Waals surface area (Å²) in [6.07, 6.45) is 2.77. The summed E-state index contributed by atoms with van der Waals surface area (Å²) in [5, 5.41) is 3.48. The molecular weight excluding hydrogens is 184 g/mol. The van der Waals surface area contributed by atoms with Crippen molar-refractivity contribution in [3.8, 4) is 0 Å². The molecule has 0 amide bonds. The van der Waals surface area contributed by atoms with Crippen LogP contribution in [-0.4, -0.2) is 36.1 Å². The highest BCUT2D eigenvalue weighted by atomic mass is 15.2. The van der Waals surface area contributed by atoms with Crippen LogP contribution in [0.1, 0.15) is 40.5 Å². The summed E-state index contributed by atoms with van der Waals surface area (Å²) in [5.74, 6) is 0. The van der Waals surface area contributed by atoms with Crippen molar-refractivity contribution in [2.75, 3.05) is 19.6 Å². The predicted octanol–water partition coefficient (Wildman–Crippen LogP) is 2.42. The lowest BCUT2D eigenvalue weighted by Gasteiger charge is -2.25. The monoisotopic (exact) mass is 210 g/mol. The van der Waals surface area contributed by atoms with Crippen molar-refractivity contribution in [1.82, 2.24) is 10.2 Å². The van der Waals surface area contributed by atoms with E-state index in [2.05, 4.69) is 44.5 Å². The molecule has 0 spiro atoms. The average molecular weight is 210 g/mol. The maximum atomic E-state index is 4.15. The highest BCUT2D eigenvalue weighted by Crippen LogP contribution is 2.26. The first kappa shape index (κ1) is 12.7. The van der Waals surface area contributed by atoms with Gasteiger partial charge in [0.15, 0.2) is 0 Å². The quantitative estimate of drug-likeness (QED) is 0.677. The molecule has 0 saturated heterocycles. The third kappa shape index (κ3) is 5.33. The van der Waals surface area contributed by atoms with E-state index in [1.54, 1.807) is 0 Å². The van der Waals surface area contributed by atoms with Gasteiger partial charge in [-0.25, -0.2) is 0 Å². The Morgan fingerprint density at radius 3 is 2.40 bits per heavy atom. The van der Waals surface area contributed by atoms with Crippen molar-refractivity contribution < 1.29 is 0 Å². The van der Waals surface area contributed by atoms with Gasteiger partial charge < -0.3 is 5.32 Å². The van der Waals surface area contributed by atoms with Crippen LogP contribution in [0.3, 0.4) is 0 Å². The molecule has 0 aliphatic heterocycles. The standard InChI is InChI=1S/C13H26N2/c1-6-15(12-7-8-12)10-11(2)9-14-13(3,4)5/h12,14H,2,6-10H2,1,3-5H3. The molecule has 1 rings (SSSR count). The number of nitrogens with one attached hydrogen (secondary N) is 1. The van der Waals surface area contributed by atoms with E-state index < -0.39 is 0 Å². The molecule has 88 valence electrons. The lowest BCUT2D eigenvalue weighted by atomic mass is 10.1. The van der Waals surface area contributed by atoms with E-state index in [4.69, 9.17) is 0 Å². The third-order valence-corrected chi connectivity index (χ3v) is 2.76. The third-order valence-electron chi connectivity index (χ3n) is 2.76. The molecule has 0 atom stereocenters. The highest BCUT2D eigenvalue weighted by molar-refractivity contribution is 5.03. The summed E-state index contributed by atoms with van der Waals surface area (Å²) in [5.41, 5.74) is 1.50. The Bertz CT molecular complexity index is 211. The van der Waals surface area contributed by atoms with Crippen LogP contribution in [-0.2, 0) is 0 Å². The summed E-state index contributed by atoms with van der Waals surface area (Å²) in [6.45, 7) is 16.1. The maximum Gasteiger partial charge on any atom is 0.0205 e. The van der Waals surface area contributed by atoms with Gasteiger partial charge in [-0.1, -0.05) is 13.5 Å². The van der Waals surface area contributed by atoms with Crippen molar-refractivity contribution in [3.05, 3.63) is 12.2 Å². The Balaban J connectivity index is 2.22. The molecule has 0 aromatic rings. The van der Waals surface area contributed by atoms with Gasteiger partial charge in [0.2, 0.25) is 0 Å². The van der Waals surface area contributed by atoms with Crippen LogP contribution < -0.4 is 5.32 Å². The predicted molar refractivity (Wildman–Crippen MR) is 67.2 cm³/mol. The van der Waals surface area contributed by atoms with E-state index in [1.165, 1.54) is 18.4 Å². The fraction of sp³-hybridized carbons (Fsp3) is 0.846. The van der Waals surface area contributed by atoms with Gasteiger partial charge in [0, 0.05) is 24.7 Å². The molecule has 1 N–H and O–H groups in total. The van der Waals surface area contributed by atoms with Gasteiger partial charge in [0.25, 0.3) is 0 Å². The van der Waals surface area contributed by atoms with Gasteiger partial charge in [0.1, 0.15) is 0 Å². The molecule has 15 heavy (non-hydrogen) atoms. The van der Waals surface area contributed by atoms with Crippen molar-refractivity contribution in [1.29, 1.82) is 0 Å². The molecule has 1 aliphatic rings. The maximum absolute atomic E-state index is 4.15. The van der Waals surface area contributed by atoms with Crippen LogP contribution in [0.4, 0.5) is 0 Å². The second-order valence-corrected chi connectivity index (χ2v) is 5.65. The van der Waals surface area contributed by atoms with Crippen molar-refractivity contribution in [2.24, 2.45) is 0 Å². The van der Waals surface area contributed by atoms with E-state index in [0.717, 1.165) is 25.7 Å². The fourth-order valence-corrected chi connectivity index (χ4v) is 1.67. The number of hydrogen-bond donors (Lipinski definition) is 1. The molecule has 1 fully saturated rings. The normalized spacial score (nSPS) is 17.1. The van der Waals surface area contributed by atoms with Gasteiger partial charge in [-0.3, -0.25) is 4.90 Å². The molecule has 1 aliphatic carbocycles. The van der Waals surface area contributed by atoms with E-state index in [0.29, 0.717) is 0 Å². The number of hydrogen-bond acceptors (Lipinski definition) is 2. The zero-order valence-corrected chi connectivity index (χ0v) is 10.8. The molecule has 1 saturated carbocycles. The first-order valence-corrected chi connectivity index (χ1v) is 6.08. The first-order valence-electron chi connectivity index (χ1n) is 6.08. The molecule has 0 bridgehead atoms. The van der Waals surface area contributed by atoms with Crippen LogP contribution in [0.2, 0.25) is 0 Å². The van der Waals surface area contributed by atoms with Crippen LogP contribution in [0, 0.1) is 0 Å². The first-order chi connectivity index (χ1) is 6.92. The molecule has 0 heterocycles.